The van der Waals surface area contributed by atoms with E-state index in [1.807, 2.05) is 24.4 Å². The van der Waals surface area contributed by atoms with Crippen LogP contribution in [0, 0.1) is 17.2 Å². The van der Waals surface area contributed by atoms with E-state index >= 15 is 0 Å². The van der Waals surface area contributed by atoms with Gasteiger partial charge in [0.15, 0.2) is 0 Å². The van der Waals surface area contributed by atoms with Crippen molar-refractivity contribution in [1.82, 2.24) is 10.3 Å². The Morgan fingerprint density at radius 3 is 2.94 bits per heavy atom. The standard InChI is InChI=1S/C14H19N3/c15-10-12-6-2-1-3-8-14(12)17-11-13-7-4-5-9-16-13/h4-5,7,9,12,14,17H,1-3,6,8,11H2. The largest absolute Gasteiger partial charge is 0.307 e. The third-order valence-corrected chi connectivity index (χ3v) is 3.45. The van der Waals surface area contributed by atoms with Crippen molar-refractivity contribution in [2.24, 2.45) is 5.92 Å². The zero-order valence-electron chi connectivity index (χ0n) is 10.1. The normalized spacial score (nSPS) is 24.9. The fraction of sp³-hybridized carbons (Fsp3) is 0.571. The Labute approximate surface area is 103 Å². The van der Waals surface area contributed by atoms with E-state index in [-0.39, 0.29) is 5.92 Å². The summed E-state index contributed by atoms with van der Waals surface area (Å²) in [5.41, 5.74) is 1.05. The molecule has 1 aliphatic carbocycles. The first-order valence-corrected chi connectivity index (χ1v) is 6.43. The van der Waals surface area contributed by atoms with Crippen molar-refractivity contribution in [3.8, 4) is 6.07 Å². The summed E-state index contributed by atoms with van der Waals surface area (Å²) in [6.07, 6.45) is 7.66. The van der Waals surface area contributed by atoms with Crippen LogP contribution in [0.4, 0.5) is 0 Å². The predicted octanol–water partition coefficient (Wildman–Crippen LogP) is 2.64. The van der Waals surface area contributed by atoms with Crippen LogP contribution in [-0.2, 0) is 6.54 Å². The van der Waals surface area contributed by atoms with Crippen molar-refractivity contribution in [3.05, 3.63) is 30.1 Å². The van der Waals surface area contributed by atoms with Crippen LogP contribution in [-0.4, -0.2) is 11.0 Å². The number of rotatable bonds is 3. The van der Waals surface area contributed by atoms with E-state index in [9.17, 15) is 5.26 Å². The molecule has 1 saturated carbocycles. The maximum atomic E-state index is 9.18. The first-order valence-electron chi connectivity index (χ1n) is 6.43. The Hall–Kier alpha value is -1.40. The highest BCUT2D eigenvalue weighted by Gasteiger charge is 2.22. The molecule has 0 amide bonds. The molecule has 2 unspecified atom stereocenters. The van der Waals surface area contributed by atoms with Gasteiger partial charge in [0.2, 0.25) is 0 Å². The van der Waals surface area contributed by atoms with E-state index in [0.717, 1.165) is 25.1 Å². The van der Waals surface area contributed by atoms with Crippen molar-refractivity contribution in [2.75, 3.05) is 0 Å². The monoisotopic (exact) mass is 229 g/mol. The number of nitriles is 1. The highest BCUT2D eigenvalue weighted by atomic mass is 14.9. The first kappa shape index (κ1) is 12.1. The summed E-state index contributed by atoms with van der Waals surface area (Å²) in [5.74, 6) is 0.168. The van der Waals surface area contributed by atoms with Crippen molar-refractivity contribution >= 4 is 0 Å². The van der Waals surface area contributed by atoms with Crippen LogP contribution in [0.1, 0.15) is 37.8 Å². The van der Waals surface area contributed by atoms with E-state index in [2.05, 4.69) is 16.4 Å². The van der Waals surface area contributed by atoms with Crippen LogP contribution in [0.3, 0.4) is 0 Å². The molecule has 2 atom stereocenters. The zero-order valence-corrected chi connectivity index (χ0v) is 10.1. The molecule has 0 aromatic carbocycles. The highest BCUT2D eigenvalue weighted by molar-refractivity contribution is 5.04. The molecule has 0 spiro atoms. The molecule has 0 aliphatic heterocycles. The summed E-state index contributed by atoms with van der Waals surface area (Å²) in [6.45, 7) is 0.768. The van der Waals surface area contributed by atoms with Gasteiger partial charge in [0.05, 0.1) is 17.7 Å². The average molecular weight is 229 g/mol. The maximum Gasteiger partial charge on any atom is 0.0672 e. The molecule has 0 bridgehead atoms. The van der Waals surface area contributed by atoms with Crippen LogP contribution < -0.4 is 5.32 Å². The number of nitrogens with zero attached hydrogens (tertiary/aromatic N) is 2. The maximum absolute atomic E-state index is 9.18. The Balaban J connectivity index is 1.90. The first-order chi connectivity index (χ1) is 8.40. The minimum atomic E-state index is 0.168. The summed E-state index contributed by atoms with van der Waals surface area (Å²) in [5, 5.41) is 12.7. The van der Waals surface area contributed by atoms with Gasteiger partial charge in [-0.15, -0.1) is 0 Å². The van der Waals surface area contributed by atoms with Crippen molar-refractivity contribution < 1.29 is 0 Å². The average Bonchev–Trinajstić information content (AvgIpc) is 2.62. The molecule has 3 nitrogen and oxygen atoms in total. The van der Waals surface area contributed by atoms with E-state index in [4.69, 9.17) is 0 Å². The van der Waals surface area contributed by atoms with Crippen LogP contribution in [0.5, 0.6) is 0 Å². The number of hydrogen-bond acceptors (Lipinski definition) is 3. The second-order valence-electron chi connectivity index (χ2n) is 4.68. The smallest absolute Gasteiger partial charge is 0.0672 e. The van der Waals surface area contributed by atoms with E-state index in [1.54, 1.807) is 0 Å². The van der Waals surface area contributed by atoms with Gasteiger partial charge in [0, 0.05) is 18.8 Å². The number of nitrogens with one attached hydrogen (secondary N) is 1. The van der Waals surface area contributed by atoms with Crippen LogP contribution in [0.15, 0.2) is 24.4 Å². The van der Waals surface area contributed by atoms with Crippen LogP contribution in [0.2, 0.25) is 0 Å². The van der Waals surface area contributed by atoms with Gasteiger partial charge < -0.3 is 5.32 Å². The third kappa shape index (κ3) is 3.54. The molecule has 1 aromatic heterocycles. The summed E-state index contributed by atoms with van der Waals surface area (Å²) in [4.78, 5) is 4.29. The molecule has 2 rings (SSSR count). The third-order valence-electron chi connectivity index (χ3n) is 3.45. The van der Waals surface area contributed by atoms with E-state index in [1.165, 1.54) is 19.3 Å². The number of pyridine rings is 1. The predicted molar refractivity (Wildman–Crippen MR) is 67.1 cm³/mol. The molecular weight excluding hydrogens is 210 g/mol. The van der Waals surface area contributed by atoms with Gasteiger partial charge in [-0.25, -0.2) is 0 Å². The lowest BCUT2D eigenvalue weighted by molar-refractivity contribution is 0.392. The zero-order chi connectivity index (χ0) is 11.9. The molecule has 90 valence electrons. The molecule has 1 aliphatic rings. The van der Waals surface area contributed by atoms with Gasteiger partial charge in [-0.3, -0.25) is 4.98 Å². The Bertz CT molecular complexity index is 369. The summed E-state index contributed by atoms with van der Waals surface area (Å²) < 4.78 is 0. The fourth-order valence-corrected chi connectivity index (χ4v) is 2.44. The molecule has 3 heteroatoms. The van der Waals surface area contributed by atoms with Gasteiger partial charge in [-0.1, -0.05) is 25.3 Å². The fourth-order valence-electron chi connectivity index (χ4n) is 2.44. The summed E-state index contributed by atoms with van der Waals surface area (Å²) in [7, 11) is 0. The quantitative estimate of drug-likeness (QED) is 0.811. The molecule has 0 radical (unpaired) electrons. The Morgan fingerprint density at radius 1 is 1.29 bits per heavy atom. The SMILES string of the molecule is N#CC1CCCCCC1NCc1ccccn1. The van der Waals surface area contributed by atoms with Crippen molar-refractivity contribution in [3.63, 3.8) is 0 Å². The van der Waals surface area contributed by atoms with Crippen molar-refractivity contribution in [1.29, 1.82) is 5.26 Å². The van der Waals surface area contributed by atoms with Crippen LogP contribution in [0.25, 0.3) is 0 Å². The minimum absolute atomic E-state index is 0.168. The molecule has 17 heavy (non-hydrogen) atoms. The summed E-state index contributed by atoms with van der Waals surface area (Å²) >= 11 is 0. The van der Waals surface area contributed by atoms with Gasteiger partial charge in [-0.2, -0.15) is 5.26 Å². The number of hydrogen-bond donors (Lipinski definition) is 1. The highest BCUT2D eigenvalue weighted by Crippen LogP contribution is 2.23. The van der Waals surface area contributed by atoms with Crippen molar-refractivity contribution in [2.45, 2.75) is 44.7 Å². The lowest BCUT2D eigenvalue weighted by Gasteiger charge is -2.20. The lowest BCUT2D eigenvalue weighted by Crippen LogP contribution is -2.34. The second-order valence-corrected chi connectivity index (χ2v) is 4.68. The number of aromatic nitrogens is 1. The molecule has 1 N–H and O–H groups in total. The lowest BCUT2D eigenvalue weighted by atomic mass is 9.96. The van der Waals surface area contributed by atoms with Gasteiger partial charge >= 0.3 is 0 Å². The van der Waals surface area contributed by atoms with E-state index in [0.29, 0.717) is 6.04 Å². The molecule has 0 saturated heterocycles. The topological polar surface area (TPSA) is 48.7 Å². The molecule has 1 aromatic rings. The second kappa shape index (κ2) is 6.36. The molecular formula is C14H19N3. The van der Waals surface area contributed by atoms with Gasteiger partial charge in [0.1, 0.15) is 0 Å². The van der Waals surface area contributed by atoms with E-state index < -0.39 is 0 Å². The summed E-state index contributed by atoms with van der Waals surface area (Å²) in [6, 6.07) is 8.73. The molecule has 1 fully saturated rings. The Morgan fingerprint density at radius 2 is 2.18 bits per heavy atom. The molecule has 1 heterocycles. The van der Waals surface area contributed by atoms with Crippen LogP contribution >= 0.6 is 0 Å². The van der Waals surface area contributed by atoms with Gasteiger partial charge in [-0.05, 0) is 25.0 Å². The van der Waals surface area contributed by atoms with Gasteiger partial charge in [0.25, 0.3) is 0 Å². The Kier molecular flexibility index (Phi) is 4.52. The minimum Gasteiger partial charge on any atom is -0.307 e.